The van der Waals surface area contributed by atoms with Crippen LogP contribution in [-0.4, -0.2) is 29.6 Å². The van der Waals surface area contributed by atoms with E-state index in [1.165, 1.54) is 0 Å². The second-order valence-corrected chi connectivity index (χ2v) is 7.76. The minimum atomic E-state index is 0.00563. The van der Waals surface area contributed by atoms with Crippen molar-refractivity contribution in [2.24, 2.45) is 5.92 Å². The Morgan fingerprint density at radius 1 is 1.20 bits per heavy atom. The van der Waals surface area contributed by atoms with Crippen LogP contribution in [0.5, 0.6) is 0 Å². The SMILES string of the molecule is CC[C@@H](C(=O)N1CCC(CSCc2ccco2)CC1)c1ccccc1. The molecule has 0 saturated carbocycles. The normalized spacial score (nSPS) is 16.8. The van der Waals surface area contributed by atoms with Crippen molar-refractivity contribution in [2.75, 3.05) is 18.8 Å². The molecule has 0 bridgehead atoms. The molecular formula is C21H27NO2S. The molecule has 1 fully saturated rings. The van der Waals surface area contributed by atoms with Gasteiger partial charge in [-0.25, -0.2) is 0 Å². The van der Waals surface area contributed by atoms with Gasteiger partial charge in [0.25, 0.3) is 0 Å². The number of benzene rings is 1. The van der Waals surface area contributed by atoms with Gasteiger partial charge in [-0.05, 0) is 48.6 Å². The van der Waals surface area contributed by atoms with E-state index in [2.05, 4.69) is 24.0 Å². The summed E-state index contributed by atoms with van der Waals surface area (Å²) in [6.07, 6.45) is 4.82. The average molecular weight is 358 g/mol. The lowest BCUT2D eigenvalue weighted by Gasteiger charge is -2.34. The molecule has 3 nitrogen and oxygen atoms in total. The molecule has 0 radical (unpaired) electrons. The number of hydrogen-bond donors (Lipinski definition) is 0. The smallest absolute Gasteiger partial charge is 0.230 e. The predicted octanol–water partition coefficient (Wildman–Crippen LogP) is 4.95. The molecule has 1 atom stereocenters. The predicted molar refractivity (Wildman–Crippen MR) is 104 cm³/mol. The minimum Gasteiger partial charge on any atom is -0.468 e. The first-order valence-electron chi connectivity index (χ1n) is 9.21. The molecule has 0 spiro atoms. The molecule has 134 valence electrons. The van der Waals surface area contributed by atoms with E-state index in [-0.39, 0.29) is 5.92 Å². The first kappa shape index (κ1) is 18.1. The van der Waals surface area contributed by atoms with Gasteiger partial charge in [-0.15, -0.1) is 0 Å². The van der Waals surface area contributed by atoms with E-state index in [4.69, 9.17) is 4.42 Å². The summed E-state index contributed by atoms with van der Waals surface area (Å²) in [5, 5.41) is 0. The zero-order chi connectivity index (χ0) is 17.5. The quantitative estimate of drug-likeness (QED) is 0.703. The maximum Gasteiger partial charge on any atom is 0.230 e. The highest BCUT2D eigenvalue weighted by Gasteiger charge is 2.28. The van der Waals surface area contributed by atoms with Crippen LogP contribution < -0.4 is 0 Å². The molecule has 1 aliphatic heterocycles. The number of nitrogens with zero attached hydrogens (tertiary/aromatic N) is 1. The van der Waals surface area contributed by atoms with Crippen molar-refractivity contribution in [1.82, 2.24) is 4.90 Å². The second kappa shape index (κ2) is 9.14. The van der Waals surface area contributed by atoms with Crippen LogP contribution in [0.1, 0.15) is 43.4 Å². The van der Waals surface area contributed by atoms with Crippen LogP contribution in [-0.2, 0) is 10.5 Å². The molecular weight excluding hydrogens is 330 g/mol. The molecule has 25 heavy (non-hydrogen) atoms. The van der Waals surface area contributed by atoms with Gasteiger partial charge < -0.3 is 9.32 Å². The lowest BCUT2D eigenvalue weighted by molar-refractivity contribution is -0.134. The Morgan fingerprint density at radius 2 is 1.96 bits per heavy atom. The van der Waals surface area contributed by atoms with Crippen LogP contribution in [0.3, 0.4) is 0 Å². The van der Waals surface area contributed by atoms with E-state index in [0.29, 0.717) is 11.8 Å². The Bertz CT molecular complexity index is 633. The third-order valence-electron chi connectivity index (χ3n) is 5.01. The van der Waals surface area contributed by atoms with Crippen molar-refractivity contribution in [1.29, 1.82) is 0 Å². The van der Waals surface area contributed by atoms with Gasteiger partial charge >= 0.3 is 0 Å². The molecule has 4 heteroatoms. The fourth-order valence-electron chi connectivity index (χ4n) is 3.50. The molecule has 1 saturated heterocycles. The van der Waals surface area contributed by atoms with Crippen molar-refractivity contribution in [2.45, 2.75) is 37.9 Å². The van der Waals surface area contributed by atoms with Crippen molar-refractivity contribution in [3.63, 3.8) is 0 Å². The maximum absolute atomic E-state index is 12.9. The Kier molecular flexibility index (Phi) is 6.62. The summed E-state index contributed by atoms with van der Waals surface area (Å²) in [5.74, 6) is 4.16. The van der Waals surface area contributed by atoms with Crippen molar-refractivity contribution in [3.8, 4) is 0 Å². The van der Waals surface area contributed by atoms with Gasteiger partial charge in [0, 0.05) is 13.1 Å². The Hall–Kier alpha value is -1.68. The standard InChI is InChI=1S/C21H27NO2S/c1-2-20(18-7-4-3-5-8-18)21(23)22-12-10-17(11-13-22)15-25-16-19-9-6-14-24-19/h3-9,14,17,20H,2,10-13,15-16H2,1H3/t20-/m1/s1. The number of rotatable bonds is 7. The minimum absolute atomic E-state index is 0.00563. The maximum atomic E-state index is 12.9. The van der Waals surface area contributed by atoms with Crippen LogP contribution in [0.4, 0.5) is 0 Å². The average Bonchev–Trinajstić information content (AvgIpc) is 3.17. The van der Waals surface area contributed by atoms with Crippen LogP contribution in [0.15, 0.2) is 53.1 Å². The zero-order valence-corrected chi connectivity index (χ0v) is 15.7. The van der Waals surface area contributed by atoms with Gasteiger partial charge in [0.05, 0.1) is 17.9 Å². The number of carbonyl (C=O) groups is 1. The first-order chi connectivity index (χ1) is 12.3. The summed E-state index contributed by atoms with van der Waals surface area (Å²) in [4.78, 5) is 15.0. The van der Waals surface area contributed by atoms with E-state index in [1.54, 1.807) is 6.26 Å². The zero-order valence-electron chi connectivity index (χ0n) is 14.9. The molecule has 1 aromatic heterocycles. The molecule has 1 amide bonds. The molecule has 0 N–H and O–H groups in total. The third-order valence-corrected chi connectivity index (χ3v) is 6.21. The molecule has 1 aliphatic rings. The Morgan fingerprint density at radius 3 is 2.60 bits per heavy atom. The van der Waals surface area contributed by atoms with Gasteiger partial charge in [0.1, 0.15) is 5.76 Å². The van der Waals surface area contributed by atoms with Gasteiger partial charge in [0.2, 0.25) is 5.91 Å². The monoisotopic (exact) mass is 357 g/mol. The highest BCUT2D eigenvalue weighted by molar-refractivity contribution is 7.98. The molecule has 3 rings (SSSR count). The van der Waals surface area contributed by atoms with Crippen LogP contribution in [0.25, 0.3) is 0 Å². The summed E-state index contributed by atoms with van der Waals surface area (Å²) in [6, 6.07) is 14.2. The number of piperidine rings is 1. The fraction of sp³-hybridized carbons (Fsp3) is 0.476. The number of thioether (sulfide) groups is 1. The Balaban J connectivity index is 1.45. The van der Waals surface area contributed by atoms with Crippen LogP contribution in [0.2, 0.25) is 0 Å². The van der Waals surface area contributed by atoms with Crippen LogP contribution >= 0.6 is 11.8 Å². The van der Waals surface area contributed by atoms with Crippen molar-refractivity contribution in [3.05, 3.63) is 60.1 Å². The van der Waals surface area contributed by atoms with Crippen molar-refractivity contribution >= 4 is 17.7 Å². The van der Waals surface area contributed by atoms with E-state index >= 15 is 0 Å². The summed E-state index contributed by atoms with van der Waals surface area (Å²) in [7, 11) is 0. The van der Waals surface area contributed by atoms with Gasteiger partial charge in [-0.3, -0.25) is 4.79 Å². The summed E-state index contributed by atoms with van der Waals surface area (Å²) < 4.78 is 5.38. The molecule has 2 aromatic rings. The van der Waals surface area contributed by atoms with E-state index in [0.717, 1.165) is 55.2 Å². The Labute approximate surface area is 154 Å². The lowest BCUT2D eigenvalue weighted by Crippen LogP contribution is -2.41. The fourth-order valence-corrected chi connectivity index (χ4v) is 4.65. The second-order valence-electron chi connectivity index (χ2n) is 6.73. The molecule has 0 unspecified atom stereocenters. The molecule has 2 heterocycles. The lowest BCUT2D eigenvalue weighted by atomic mass is 9.92. The first-order valence-corrected chi connectivity index (χ1v) is 10.4. The summed E-state index contributed by atoms with van der Waals surface area (Å²) in [6.45, 7) is 3.90. The number of carbonyl (C=O) groups excluding carboxylic acids is 1. The highest BCUT2D eigenvalue weighted by Crippen LogP contribution is 2.27. The molecule has 0 aliphatic carbocycles. The summed E-state index contributed by atoms with van der Waals surface area (Å²) in [5.41, 5.74) is 1.14. The van der Waals surface area contributed by atoms with Crippen LogP contribution in [0, 0.1) is 5.92 Å². The number of likely N-dealkylation sites (tertiary alicyclic amines) is 1. The van der Waals surface area contributed by atoms with E-state index < -0.39 is 0 Å². The largest absolute Gasteiger partial charge is 0.468 e. The topological polar surface area (TPSA) is 33.5 Å². The van der Waals surface area contributed by atoms with E-state index in [9.17, 15) is 4.79 Å². The number of amides is 1. The number of furan rings is 1. The number of hydrogen-bond acceptors (Lipinski definition) is 3. The molecule has 1 aromatic carbocycles. The summed E-state index contributed by atoms with van der Waals surface area (Å²) >= 11 is 1.94. The van der Waals surface area contributed by atoms with Gasteiger partial charge in [0.15, 0.2) is 0 Å². The van der Waals surface area contributed by atoms with E-state index in [1.807, 2.05) is 42.1 Å². The van der Waals surface area contributed by atoms with Gasteiger partial charge in [-0.1, -0.05) is 37.3 Å². The third kappa shape index (κ3) is 4.91. The highest BCUT2D eigenvalue weighted by atomic mass is 32.2. The van der Waals surface area contributed by atoms with Crippen molar-refractivity contribution < 1.29 is 9.21 Å². The van der Waals surface area contributed by atoms with Gasteiger partial charge in [-0.2, -0.15) is 11.8 Å².